The zero-order valence-corrected chi connectivity index (χ0v) is 15.5. The number of hydrogen-bond donors (Lipinski definition) is 2. The molecule has 0 heterocycles. The Balaban J connectivity index is 1.52. The maximum atomic E-state index is 12.3. The molecule has 3 N–H and O–H groups in total. The topological polar surface area (TPSA) is 66.6 Å². The van der Waals surface area contributed by atoms with E-state index in [1.54, 1.807) is 4.90 Å². The lowest BCUT2D eigenvalue weighted by Crippen LogP contribution is -2.53. The first kappa shape index (κ1) is 16.7. The maximum absolute atomic E-state index is 12.3. The fraction of sp³-hybridized carbons (Fsp3) is 0.435. The summed E-state index contributed by atoms with van der Waals surface area (Å²) in [6, 6.07) is 18.3. The van der Waals surface area contributed by atoms with Crippen LogP contribution in [0.2, 0.25) is 0 Å². The molecule has 4 saturated carbocycles. The molecule has 2 aromatic rings. The molecular formula is C23H26N2O2. The molecule has 4 aliphatic rings. The van der Waals surface area contributed by atoms with Crippen LogP contribution in [0, 0.1) is 11.8 Å². The van der Waals surface area contributed by atoms with Gasteiger partial charge in [0, 0.05) is 12.2 Å². The Kier molecular flexibility index (Phi) is 3.55. The summed E-state index contributed by atoms with van der Waals surface area (Å²) >= 11 is 0. The first-order valence-electron chi connectivity index (χ1n) is 9.91. The Morgan fingerprint density at radius 2 is 1.81 bits per heavy atom. The Labute approximate surface area is 160 Å². The molecule has 0 radical (unpaired) electrons. The van der Waals surface area contributed by atoms with E-state index < -0.39 is 6.09 Å². The fourth-order valence-electron chi connectivity index (χ4n) is 6.64. The van der Waals surface area contributed by atoms with Crippen molar-refractivity contribution in [3.63, 3.8) is 0 Å². The molecule has 0 saturated heterocycles. The summed E-state index contributed by atoms with van der Waals surface area (Å²) in [6.07, 6.45) is 4.66. The van der Waals surface area contributed by atoms with Gasteiger partial charge < -0.3 is 10.8 Å². The quantitative estimate of drug-likeness (QED) is 0.778. The highest BCUT2D eigenvalue weighted by atomic mass is 16.4. The summed E-state index contributed by atoms with van der Waals surface area (Å²) < 4.78 is 0. The van der Waals surface area contributed by atoms with Crippen molar-refractivity contribution in [3.05, 3.63) is 65.7 Å². The third-order valence-electron chi connectivity index (χ3n) is 7.46. The number of rotatable bonds is 4. The Hall–Kier alpha value is -2.49. The summed E-state index contributed by atoms with van der Waals surface area (Å²) in [5.41, 5.74) is 9.01. The average Bonchev–Trinajstić information content (AvgIpc) is 3.04. The average molecular weight is 362 g/mol. The maximum Gasteiger partial charge on any atom is 0.408 e. The summed E-state index contributed by atoms with van der Waals surface area (Å²) in [6.45, 7) is 0.483. The SMILES string of the molecule is Nc1ccc(C23CC4CC(C2)C(N(Cc2ccccc2)C(=O)O)(C4)C3)cc1. The Morgan fingerprint density at radius 1 is 1.07 bits per heavy atom. The molecule has 4 atom stereocenters. The molecule has 140 valence electrons. The molecule has 4 aliphatic carbocycles. The number of anilines is 1. The lowest BCUT2D eigenvalue weighted by Gasteiger charge is -2.45. The van der Waals surface area contributed by atoms with Gasteiger partial charge in [-0.3, -0.25) is 4.90 Å². The minimum absolute atomic E-state index is 0.115. The number of nitrogens with two attached hydrogens (primary N) is 1. The van der Waals surface area contributed by atoms with Crippen molar-refractivity contribution >= 4 is 11.8 Å². The van der Waals surface area contributed by atoms with Crippen LogP contribution in [0.15, 0.2) is 54.6 Å². The molecule has 1 amide bonds. The van der Waals surface area contributed by atoms with E-state index in [2.05, 4.69) is 12.1 Å². The molecule has 2 aromatic carbocycles. The molecule has 4 nitrogen and oxygen atoms in total. The van der Waals surface area contributed by atoms with Crippen molar-refractivity contribution < 1.29 is 9.90 Å². The minimum atomic E-state index is -0.778. The number of carboxylic acid groups (broad SMARTS) is 1. The highest BCUT2D eigenvalue weighted by molar-refractivity contribution is 5.67. The van der Waals surface area contributed by atoms with Gasteiger partial charge in [0.05, 0.1) is 5.54 Å². The normalized spacial score (nSPS) is 33.3. The second-order valence-corrected chi connectivity index (χ2v) is 8.95. The zero-order valence-electron chi connectivity index (χ0n) is 15.5. The van der Waals surface area contributed by atoms with Gasteiger partial charge in [-0.25, -0.2) is 4.79 Å². The number of benzene rings is 2. The lowest BCUT2D eigenvalue weighted by molar-refractivity contribution is 0.0452. The summed E-state index contributed by atoms with van der Waals surface area (Å²) in [5, 5.41) is 10.1. The molecular weight excluding hydrogens is 336 g/mol. The van der Waals surface area contributed by atoms with Crippen molar-refractivity contribution in [2.45, 2.75) is 49.6 Å². The lowest BCUT2D eigenvalue weighted by atomic mass is 9.65. The number of hydrogen-bond acceptors (Lipinski definition) is 2. The van der Waals surface area contributed by atoms with E-state index in [9.17, 15) is 9.90 Å². The minimum Gasteiger partial charge on any atom is -0.465 e. The van der Waals surface area contributed by atoms with Crippen LogP contribution in [0.25, 0.3) is 0 Å². The molecule has 0 aliphatic heterocycles. The van der Waals surface area contributed by atoms with Crippen LogP contribution in [0.3, 0.4) is 0 Å². The Morgan fingerprint density at radius 3 is 2.52 bits per heavy atom. The molecule has 4 heteroatoms. The van der Waals surface area contributed by atoms with Crippen LogP contribution in [-0.2, 0) is 12.0 Å². The number of amides is 1. The monoisotopic (exact) mass is 362 g/mol. The van der Waals surface area contributed by atoms with Crippen LogP contribution >= 0.6 is 0 Å². The fourth-order valence-corrected chi connectivity index (χ4v) is 6.64. The van der Waals surface area contributed by atoms with E-state index in [-0.39, 0.29) is 11.0 Å². The number of nitrogens with zero attached hydrogens (tertiary/aromatic N) is 1. The van der Waals surface area contributed by atoms with Crippen LogP contribution in [-0.4, -0.2) is 21.6 Å². The van der Waals surface area contributed by atoms with Gasteiger partial charge in [0.1, 0.15) is 0 Å². The molecule has 0 aromatic heterocycles. The van der Waals surface area contributed by atoms with Crippen molar-refractivity contribution in [1.82, 2.24) is 4.90 Å². The van der Waals surface area contributed by atoms with E-state index in [1.165, 1.54) is 18.4 Å². The van der Waals surface area contributed by atoms with E-state index in [4.69, 9.17) is 5.73 Å². The van der Waals surface area contributed by atoms with Gasteiger partial charge in [-0.15, -0.1) is 0 Å². The molecule has 4 fully saturated rings. The van der Waals surface area contributed by atoms with Crippen LogP contribution in [0.1, 0.15) is 43.2 Å². The van der Waals surface area contributed by atoms with Crippen LogP contribution in [0.4, 0.5) is 10.5 Å². The number of carbonyl (C=O) groups is 1. The molecule has 27 heavy (non-hydrogen) atoms. The van der Waals surface area contributed by atoms with Crippen LogP contribution < -0.4 is 5.73 Å². The third-order valence-corrected chi connectivity index (χ3v) is 7.46. The zero-order chi connectivity index (χ0) is 18.6. The molecule has 4 bridgehead atoms. The van der Waals surface area contributed by atoms with E-state index in [0.29, 0.717) is 18.4 Å². The standard InChI is InChI=1S/C23H26N2O2/c24-20-8-6-18(7-9-20)22-11-17-10-19(13-22)23(12-17,15-22)25(21(26)27)14-16-4-2-1-3-5-16/h1-9,17,19H,10-15,24H2,(H,26,27). The highest BCUT2D eigenvalue weighted by Crippen LogP contribution is 2.68. The smallest absolute Gasteiger partial charge is 0.408 e. The van der Waals surface area contributed by atoms with Gasteiger partial charge >= 0.3 is 6.09 Å². The second kappa shape index (κ2) is 5.75. The third kappa shape index (κ3) is 2.46. The van der Waals surface area contributed by atoms with Gasteiger partial charge in [0.15, 0.2) is 0 Å². The van der Waals surface area contributed by atoms with Gasteiger partial charge in [0.2, 0.25) is 0 Å². The summed E-state index contributed by atoms with van der Waals surface area (Å²) in [4.78, 5) is 14.1. The van der Waals surface area contributed by atoms with E-state index >= 15 is 0 Å². The summed E-state index contributed by atoms with van der Waals surface area (Å²) in [5.74, 6) is 1.10. The van der Waals surface area contributed by atoms with E-state index in [1.807, 2.05) is 42.5 Å². The molecule has 6 rings (SSSR count). The molecule has 0 spiro atoms. The predicted octanol–water partition coefficient (Wildman–Crippen LogP) is 4.65. The molecule has 4 unspecified atom stereocenters. The predicted molar refractivity (Wildman–Crippen MR) is 105 cm³/mol. The Bertz CT molecular complexity index is 866. The first-order chi connectivity index (χ1) is 13.0. The summed E-state index contributed by atoms with van der Waals surface area (Å²) in [7, 11) is 0. The first-order valence-corrected chi connectivity index (χ1v) is 9.91. The van der Waals surface area contributed by atoms with Crippen molar-refractivity contribution in [2.24, 2.45) is 11.8 Å². The largest absolute Gasteiger partial charge is 0.465 e. The van der Waals surface area contributed by atoms with Crippen LogP contribution in [0.5, 0.6) is 0 Å². The van der Waals surface area contributed by atoms with E-state index in [0.717, 1.165) is 30.5 Å². The van der Waals surface area contributed by atoms with Crippen molar-refractivity contribution in [3.8, 4) is 0 Å². The van der Waals surface area contributed by atoms with Crippen molar-refractivity contribution in [2.75, 3.05) is 5.73 Å². The van der Waals surface area contributed by atoms with Gasteiger partial charge in [-0.1, -0.05) is 42.5 Å². The van der Waals surface area contributed by atoms with Gasteiger partial charge in [0.25, 0.3) is 0 Å². The second-order valence-electron chi connectivity index (χ2n) is 8.95. The highest BCUT2D eigenvalue weighted by Gasteiger charge is 2.67. The number of nitrogen functional groups attached to an aromatic ring is 1. The van der Waals surface area contributed by atoms with Crippen molar-refractivity contribution in [1.29, 1.82) is 0 Å². The van der Waals surface area contributed by atoms with Gasteiger partial charge in [-0.05, 0) is 72.6 Å². The van der Waals surface area contributed by atoms with Gasteiger partial charge in [-0.2, -0.15) is 0 Å².